The number of aliphatic carboxylic acids is 1. The van der Waals surface area contributed by atoms with E-state index in [-0.39, 0.29) is 39.5 Å². The van der Waals surface area contributed by atoms with Crippen LogP contribution in [-0.2, 0) is 15.3 Å². The highest BCUT2D eigenvalue weighted by molar-refractivity contribution is 7.98. The molecule has 0 fully saturated rings. The first-order valence-corrected chi connectivity index (χ1v) is 9.27. The van der Waals surface area contributed by atoms with E-state index in [0.29, 0.717) is 0 Å². The topological polar surface area (TPSA) is 150 Å². The second kappa shape index (κ2) is 8.89. The third-order valence-electron chi connectivity index (χ3n) is 4.05. The fourth-order valence-corrected chi connectivity index (χ4v) is 3.77. The van der Waals surface area contributed by atoms with E-state index in [2.05, 4.69) is 5.32 Å². The Hall–Kier alpha value is -2.85. The lowest BCUT2D eigenvalue weighted by atomic mass is 9.87. The van der Waals surface area contributed by atoms with E-state index in [1.165, 1.54) is 20.1 Å². The number of ketones is 2. The minimum absolute atomic E-state index is 0.00324. The van der Waals surface area contributed by atoms with E-state index in [0.717, 1.165) is 17.8 Å². The molecule has 1 aliphatic rings. The third-order valence-corrected chi connectivity index (χ3v) is 5.11. The molecular weight excluding hydrogens is 390 g/mol. The van der Waals surface area contributed by atoms with Gasteiger partial charge in [-0.3, -0.25) is 14.4 Å². The zero-order valence-electron chi connectivity index (χ0n) is 15.1. The molecule has 1 aromatic rings. The smallest absolute Gasteiger partial charge is 0.327 e. The maximum absolute atomic E-state index is 12.4. The minimum Gasteiger partial charge on any atom is -0.507 e. The van der Waals surface area contributed by atoms with Crippen LogP contribution in [0.4, 0.5) is 0 Å². The van der Waals surface area contributed by atoms with Crippen LogP contribution in [0, 0.1) is 0 Å². The zero-order valence-corrected chi connectivity index (χ0v) is 16.0. The standard InChI is InChI=1S/C18H19NO8S/c1-8(21)19-12(18(25)26)7-28-6-11-14(27-2)4-10-13(22)3-9(5-20)16(23)15(10)17(11)24/h3-4,12,20,24H,5-7H2,1-2H3,(H,19,21)(H,25,26). The molecule has 1 aromatic carbocycles. The summed E-state index contributed by atoms with van der Waals surface area (Å²) < 4.78 is 5.21. The van der Waals surface area contributed by atoms with Gasteiger partial charge in [-0.05, 0) is 12.1 Å². The normalized spacial score (nSPS) is 14.2. The number of phenolic OH excluding ortho intramolecular Hbond substituents is 1. The molecule has 1 unspecified atom stereocenters. The lowest BCUT2D eigenvalue weighted by Gasteiger charge is -2.20. The molecule has 0 bridgehead atoms. The number of nitrogens with one attached hydrogen (secondary N) is 1. The Morgan fingerprint density at radius 3 is 2.54 bits per heavy atom. The first kappa shape index (κ1) is 21.5. The summed E-state index contributed by atoms with van der Waals surface area (Å²) in [7, 11) is 1.33. The van der Waals surface area contributed by atoms with Crippen molar-refractivity contribution in [1.29, 1.82) is 0 Å². The van der Waals surface area contributed by atoms with Crippen LogP contribution in [0.1, 0.15) is 33.2 Å². The molecule has 28 heavy (non-hydrogen) atoms. The Kier molecular flexibility index (Phi) is 6.81. The number of methoxy groups -OCH3 is 1. The SMILES string of the molecule is COc1cc2c(c(O)c1CSCC(NC(C)=O)C(=O)O)C(=O)C(CO)=CC2=O. The van der Waals surface area contributed by atoms with Gasteiger partial charge in [0.15, 0.2) is 11.6 Å². The van der Waals surface area contributed by atoms with Crippen molar-refractivity contribution in [3.05, 3.63) is 34.4 Å². The fourth-order valence-electron chi connectivity index (χ4n) is 2.71. The second-order valence-corrected chi connectivity index (χ2v) is 6.99. The molecule has 0 radical (unpaired) electrons. The molecule has 4 N–H and O–H groups in total. The van der Waals surface area contributed by atoms with E-state index < -0.39 is 41.8 Å². The molecule has 0 spiro atoms. The summed E-state index contributed by atoms with van der Waals surface area (Å²) in [5.41, 5.74) is -0.178. The van der Waals surface area contributed by atoms with Crippen LogP contribution in [0.2, 0.25) is 0 Å². The highest BCUT2D eigenvalue weighted by Gasteiger charge is 2.31. The number of Topliss-reactive ketones (excluding diaryl/α,β-unsaturated/α-hetero) is 1. The molecule has 0 aliphatic heterocycles. The summed E-state index contributed by atoms with van der Waals surface area (Å²) in [6.45, 7) is 0.560. The Balaban J connectivity index is 2.32. The number of carbonyl (C=O) groups is 4. The summed E-state index contributed by atoms with van der Waals surface area (Å²) in [6, 6.07) is 0.207. The number of aromatic hydroxyl groups is 1. The van der Waals surface area contributed by atoms with Gasteiger partial charge in [-0.15, -0.1) is 0 Å². The summed E-state index contributed by atoms with van der Waals surface area (Å²) in [6.07, 6.45) is 1.02. The minimum atomic E-state index is -1.21. The van der Waals surface area contributed by atoms with Crippen LogP contribution in [0.25, 0.3) is 0 Å². The number of aliphatic hydroxyl groups excluding tert-OH is 1. The van der Waals surface area contributed by atoms with Crippen molar-refractivity contribution in [2.45, 2.75) is 18.7 Å². The van der Waals surface area contributed by atoms with Gasteiger partial charge in [-0.25, -0.2) is 4.79 Å². The van der Waals surface area contributed by atoms with E-state index in [1.54, 1.807) is 0 Å². The number of carboxylic acids is 1. The van der Waals surface area contributed by atoms with Gasteiger partial charge in [-0.2, -0.15) is 11.8 Å². The van der Waals surface area contributed by atoms with E-state index in [4.69, 9.17) is 9.84 Å². The van der Waals surface area contributed by atoms with Crippen LogP contribution in [0.3, 0.4) is 0 Å². The number of hydrogen-bond acceptors (Lipinski definition) is 8. The average molecular weight is 409 g/mol. The number of ether oxygens (including phenoxy) is 1. The predicted molar refractivity (Wildman–Crippen MR) is 99.9 cm³/mol. The molecule has 1 amide bonds. The number of rotatable bonds is 8. The zero-order chi connectivity index (χ0) is 21.0. The fraction of sp³-hybridized carbons (Fsp3) is 0.333. The van der Waals surface area contributed by atoms with Gasteiger partial charge in [-0.1, -0.05) is 0 Å². The number of thioether (sulfide) groups is 1. The molecule has 0 heterocycles. The van der Waals surface area contributed by atoms with Gasteiger partial charge in [0.25, 0.3) is 0 Å². The quantitative estimate of drug-likeness (QED) is 0.482. The molecule has 1 atom stereocenters. The lowest BCUT2D eigenvalue weighted by molar-refractivity contribution is -0.140. The van der Waals surface area contributed by atoms with Gasteiger partial charge in [0.05, 0.1) is 19.3 Å². The number of benzene rings is 1. The second-order valence-electron chi connectivity index (χ2n) is 5.96. The highest BCUT2D eigenvalue weighted by atomic mass is 32.2. The molecule has 1 aliphatic carbocycles. The van der Waals surface area contributed by atoms with Gasteiger partial charge in [0, 0.05) is 35.1 Å². The van der Waals surface area contributed by atoms with Crippen LogP contribution in [-0.4, -0.2) is 64.3 Å². The number of fused-ring (bicyclic) bond motifs is 1. The Morgan fingerprint density at radius 2 is 2.00 bits per heavy atom. The number of carbonyl (C=O) groups excluding carboxylic acids is 3. The van der Waals surface area contributed by atoms with Crippen molar-refractivity contribution in [2.75, 3.05) is 19.5 Å². The summed E-state index contributed by atoms with van der Waals surface area (Å²) >= 11 is 1.09. The molecule has 9 nitrogen and oxygen atoms in total. The first-order chi connectivity index (χ1) is 13.2. The monoisotopic (exact) mass is 409 g/mol. The molecular formula is C18H19NO8S. The van der Waals surface area contributed by atoms with E-state index >= 15 is 0 Å². The van der Waals surface area contributed by atoms with Crippen molar-refractivity contribution >= 4 is 35.2 Å². The van der Waals surface area contributed by atoms with Crippen LogP contribution < -0.4 is 10.1 Å². The van der Waals surface area contributed by atoms with Crippen LogP contribution in [0.5, 0.6) is 11.5 Å². The molecule has 0 saturated heterocycles. The van der Waals surface area contributed by atoms with Crippen LogP contribution in [0.15, 0.2) is 17.7 Å². The number of hydrogen-bond donors (Lipinski definition) is 4. The Morgan fingerprint density at radius 1 is 1.32 bits per heavy atom. The van der Waals surface area contributed by atoms with Crippen LogP contribution >= 0.6 is 11.8 Å². The van der Waals surface area contributed by atoms with E-state index in [9.17, 15) is 29.4 Å². The first-order valence-electron chi connectivity index (χ1n) is 8.12. The van der Waals surface area contributed by atoms with Crippen molar-refractivity contribution in [3.63, 3.8) is 0 Å². The maximum atomic E-state index is 12.4. The summed E-state index contributed by atoms with van der Waals surface area (Å²) in [5.74, 6) is -3.12. The van der Waals surface area contributed by atoms with Gasteiger partial charge < -0.3 is 25.4 Å². The molecule has 0 saturated carbocycles. The summed E-state index contributed by atoms with van der Waals surface area (Å²) in [5, 5.41) is 31.3. The van der Waals surface area contributed by atoms with Gasteiger partial charge in [0.1, 0.15) is 17.5 Å². The molecule has 10 heteroatoms. The average Bonchev–Trinajstić information content (AvgIpc) is 2.64. The number of carboxylic acid groups (broad SMARTS) is 1. The van der Waals surface area contributed by atoms with Crippen molar-refractivity contribution in [1.82, 2.24) is 5.32 Å². The third kappa shape index (κ3) is 4.34. The van der Waals surface area contributed by atoms with Crippen molar-refractivity contribution in [3.8, 4) is 11.5 Å². The number of amides is 1. The Bertz CT molecular complexity index is 877. The highest BCUT2D eigenvalue weighted by Crippen LogP contribution is 2.39. The molecule has 2 rings (SSSR count). The molecule has 150 valence electrons. The van der Waals surface area contributed by atoms with Crippen molar-refractivity contribution in [2.24, 2.45) is 0 Å². The lowest BCUT2D eigenvalue weighted by Crippen LogP contribution is -2.41. The number of aliphatic hydroxyl groups is 1. The van der Waals surface area contributed by atoms with Gasteiger partial charge in [0.2, 0.25) is 5.91 Å². The molecule has 0 aromatic heterocycles. The van der Waals surface area contributed by atoms with Crippen molar-refractivity contribution < 1.29 is 39.2 Å². The predicted octanol–water partition coefficient (Wildman–Crippen LogP) is 0.521. The largest absolute Gasteiger partial charge is 0.507 e. The number of phenols is 1. The number of allylic oxidation sites excluding steroid dienone is 1. The van der Waals surface area contributed by atoms with Gasteiger partial charge >= 0.3 is 5.97 Å². The Labute approximate surface area is 164 Å². The maximum Gasteiger partial charge on any atom is 0.327 e. The summed E-state index contributed by atoms with van der Waals surface area (Å²) in [4.78, 5) is 46.9. The van der Waals surface area contributed by atoms with E-state index in [1.807, 2.05) is 0 Å².